The standard InChI is InChI=1S/C44H62N6O17/c51-34-14-9-28(22-31(34)25-50(27-41(61)62)21-20-49(26-40(59)60)24-30-12-8-29(23-35(30)52)11-16-38(55)56)10-15-37(54)46-18-4-1-2-7-36(53)45-19-5-3-6-32(42(63)64)47-44(67)48-33(43(65)66)13-17-39(57)58/h8-9,12,14,22-23,32-33,51-52H,1-7,10-11,13,15-21,24-27H2,(H,45,53)(H,46,54)(H,55,56)(H,57,58)(H,59,60)(H,61,62)(H,63,64)(H,65,66)(H2,47,48,67). The number of carbonyl (C=O) groups excluding carboxylic acids is 3. The number of rotatable bonds is 35. The van der Waals surface area contributed by atoms with Crippen molar-refractivity contribution < 1.29 is 84.0 Å². The van der Waals surface area contributed by atoms with Gasteiger partial charge in [0.15, 0.2) is 0 Å². The van der Waals surface area contributed by atoms with Gasteiger partial charge < -0.3 is 62.1 Å². The van der Waals surface area contributed by atoms with Crippen LogP contribution in [0.3, 0.4) is 0 Å². The van der Waals surface area contributed by atoms with E-state index >= 15 is 0 Å². The average Bonchev–Trinajstić information content (AvgIpc) is 3.24. The molecule has 2 atom stereocenters. The Morgan fingerprint density at radius 2 is 1.00 bits per heavy atom. The van der Waals surface area contributed by atoms with Crippen LogP contribution < -0.4 is 21.3 Å². The smallest absolute Gasteiger partial charge is 0.326 e. The highest BCUT2D eigenvalue weighted by molar-refractivity contribution is 5.86. The zero-order chi connectivity index (χ0) is 49.9. The van der Waals surface area contributed by atoms with Crippen LogP contribution in [0, 0.1) is 0 Å². The van der Waals surface area contributed by atoms with Crippen molar-refractivity contribution in [1.82, 2.24) is 31.1 Å². The number of amides is 4. The first kappa shape index (κ1) is 56.1. The molecule has 4 amide bonds. The Balaban J connectivity index is 1.74. The first-order valence-electron chi connectivity index (χ1n) is 21.7. The SMILES string of the molecule is O=C(O)CCc1ccc(CN(CCN(CC(=O)O)Cc2cc(CCC(=O)NCCCCCC(=O)NCCCCC(NC(=O)NC(CCC(=O)O)C(=O)O)C(=O)O)ccc2O)CC(=O)O)c(O)c1. The number of nitrogens with one attached hydrogen (secondary N) is 4. The molecule has 0 bridgehead atoms. The van der Waals surface area contributed by atoms with Crippen LogP contribution in [0.1, 0.15) is 92.9 Å². The Labute approximate surface area is 386 Å². The molecule has 0 aliphatic rings. The van der Waals surface area contributed by atoms with Crippen LogP contribution in [-0.2, 0) is 64.3 Å². The number of aliphatic carboxylic acids is 6. The van der Waals surface area contributed by atoms with E-state index in [0.29, 0.717) is 67.3 Å². The third kappa shape index (κ3) is 24.7. The number of nitrogens with zero attached hydrogens (tertiary/aromatic N) is 2. The van der Waals surface area contributed by atoms with E-state index in [9.17, 15) is 68.7 Å². The minimum absolute atomic E-state index is 0.00666. The van der Waals surface area contributed by atoms with E-state index in [1.807, 2.05) is 0 Å². The number of phenols is 2. The molecule has 0 aliphatic carbocycles. The summed E-state index contributed by atoms with van der Waals surface area (Å²) in [6.45, 7) is -0.0531. The van der Waals surface area contributed by atoms with Gasteiger partial charge in [0.05, 0.1) is 13.1 Å². The maximum atomic E-state index is 12.6. The summed E-state index contributed by atoms with van der Waals surface area (Å²) < 4.78 is 0. The fourth-order valence-electron chi connectivity index (χ4n) is 6.74. The van der Waals surface area contributed by atoms with Crippen molar-refractivity contribution in [3.8, 4) is 11.5 Å². The Morgan fingerprint density at radius 1 is 0.493 bits per heavy atom. The van der Waals surface area contributed by atoms with E-state index in [-0.39, 0.29) is 94.6 Å². The van der Waals surface area contributed by atoms with Crippen LogP contribution in [0.5, 0.6) is 11.5 Å². The fourth-order valence-corrected chi connectivity index (χ4v) is 6.74. The van der Waals surface area contributed by atoms with Crippen LogP contribution in [-0.4, -0.2) is 156 Å². The molecule has 0 radical (unpaired) electrons. The molecule has 2 aromatic carbocycles. The zero-order valence-corrected chi connectivity index (χ0v) is 37.1. The monoisotopic (exact) mass is 946 g/mol. The molecule has 0 fully saturated rings. The molecule has 0 aliphatic heterocycles. The highest BCUT2D eigenvalue weighted by Gasteiger charge is 2.25. The van der Waals surface area contributed by atoms with Gasteiger partial charge in [-0.05, 0) is 74.6 Å². The summed E-state index contributed by atoms with van der Waals surface area (Å²) in [5, 5.41) is 86.4. The largest absolute Gasteiger partial charge is 0.508 e. The highest BCUT2D eigenvalue weighted by atomic mass is 16.4. The number of carboxylic acids is 6. The predicted molar refractivity (Wildman–Crippen MR) is 236 cm³/mol. The first-order valence-corrected chi connectivity index (χ1v) is 21.7. The van der Waals surface area contributed by atoms with Crippen molar-refractivity contribution in [3.63, 3.8) is 0 Å². The molecular weight excluding hydrogens is 885 g/mol. The Bertz CT molecular complexity index is 2010. The second kappa shape index (κ2) is 30.2. The van der Waals surface area contributed by atoms with Gasteiger partial charge in [-0.25, -0.2) is 14.4 Å². The third-order valence-electron chi connectivity index (χ3n) is 10.3. The molecule has 12 N–H and O–H groups in total. The van der Waals surface area contributed by atoms with Gasteiger partial charge in [-0.15, -0.1) is 0 Å². The van der Waals surface area contributed by atoms with Crippen LogP contribution in [0.15, 0.2) is 36.4 Å². The predicted octanol–water partition coefficient (Wildman–Crippen LogP) is 1.55. The third-order valence-corrected chi connectivity index (χ3v) is 10.3. The summed E-state index contributed by atoms with van der Waals surface area (Å²) in [5.41, 5.74) is 2.10. The van der Waals surface area contributed by atoms with Gasteiger partial charge >= 0.3 is 41.8 Å². The number of hydrogen-bond acceptors (Lipinski definition) is 13. The maximum Gasteiger partial charge on any atom is 0.326 e. The summed E-state index contributed by atoms with van der Waals surface area (Å²) in [6.07, 6.45) is 2.35. The molecular formula is C44H62N6O17. The molecule has 2 unspecified atom stereocenters. The van der Waals surface area contributed by atoms with Crippen molar-refractivity contribution in [2.24, 2.45) is 0 Å². The number of benzene rings is 2. The van der Waals surface area contributed by atoms with Crippen LogP contribution in [0.25, 0.3) is 0 Å². The van der Waals surface area contributed by atoms with Gasteiger partial charge in [0.2, 0.25) is 11.8 Å². The Morgan fingerprint density at radius 3 is 1.55 bits per heavy atom. The first-order chi connectivity index (χ1) is 31.7. The van der Waals surface area contributed by atoms with Crippen molar-refractivity contribution in [1.29, 1.82) is 0 Å². The van der Waals surface area contributed by atoms with Crippen LogP contribution >= 0.6 is 0 Å². The van der Waals surface area contributed by atoms with Gasteiger partial charge in [0, 0.05) is 76.1 Å². The summed E-state index contributed by atoms with van der Waals surface area (Å²) in [4.78, 5) is 108. The lowest BCUT2D eigenvalue weighted by Gasteiger charge is -2.26. The van der Waals surface area contributed by atoms with Gasteiger partial charge in [0.25, 0.3) is 0 Å². The number of carboxylic acid groups (broad SMARTS) is 6. The van der Waals surface area contributed by atoms with Gasteiger partial charge in [0.1, 0.15) is 23.6 Å². The summed E-state index contributed by atoms with van der Waals surface area (Å²) >= 11 is 0. The van der Waals surface area contributed by atoms with Crippen LogP contribution in [0.4, 0.5) is 4.79 Å². The number of hydrogen-bond donors (Lipinski definition) is 12. The van der Waals surface area contributed by atoms with Crippen molar-refractivity contribution in [2.75, 3.05) is 39.3 Å². The number of phenolic OH excluding ortho intramolecular Hbond substituents is 2. The summed E-state index contributed by atoms with van der Waals surface area (Å²) in [7, 11) is 0. The topological polar surface area (TPSA) is 370 Å². The Hall–Kier alpha value is -7.01. The van der Waals surface area contributed by atoms with Crippen molar-refractivity contribution in [3.05, 3.63) is 58.7 Å². The lowest BCUT2D eigenvalue weighted by atomic mass is 10.0. The number of aryl methyl sites for hydroxylation is 2. The number of aromatic hydroxyl groups is 2. The molecule has 2 rings (SSSR count). The quantitative estimate of drug-likeness (QED) is 0.0436. The van der Waals surface area contributed by atoms with E-state index in [2.05, 4.69) is 21.3 Å². The molecule has 23 nitrogen and oxygen atoms in total. The van der Waals surface area contributed by atoms with E-state index in [0.717, 1.165) is 0 Å². The van der Waals surface area contributed by atoms with Gasteiger partial charge in [-0.2, -0.15) is 0 Å². The second-order valence-electron chi connectivity index (χ2n) is 15.9. The van der Waals surface area contributed by atoms with Gasteiger partial charge in [-0.3, -0.25) is 38.6 Å². The molecule has 67 heavy (non-hydrogen) atoms. The lowest BCUT2D eigenvalue weighted by molar-refractivity contribution is -0.141. The summed E-state index contributed by atoms with van der Waals surface area (Å²) in [6, 6.07) is 5.49. The molecule has 370 valence electrons. The van der Waals surface area contributed by atoms with E-state index in [1.54, 1.807) is 24.3 Å². The van der Waals surface area contributed by atoms with E-state index < -0.39 is 73.4 Å². The molecule has 0 heterocycles. The number of unbranched alkanes of at least 4 members (excludes halogenated alkanes) is 3. The molecule has 0 saturated heterocycles. The fraction of sp³-hybridized carbons (Fsp3) is 0.523. The average molecular weight is 947 g/mol. The molecule has 0 spiro atoms. The van der Waals surface area contributed by atoms with Gasteiger partial charge in [-0.1, -0.05) is 30.7 Å². The number of urea groups is 1. The highest BCUT2D eigenvalue weighted by Crippen LogP contribution is 2.23. The van der Waals surface area contributed by atoms with Crippen molar-refractivity contribution in [2.45, 2.75) is 109 Å². The van der Waals surface area contributed by atoms with E-state index in [4.69, 9.17) is 15.3 Å². The second-order valence-corrected chi connectivity index (χ2v) is 15.9. The maximum absolute atomic E-state index is 12.6. The number of carbonyl (C=O) groups is 9. The van der Waals surface area contributed by atoms with Crippen LogP contribution in [0.2, 0.25) is 0 Å². The minimum Gasteiger partial charge on any atom is -0.508 e. The normalized spacial score (nSPS) is 11.9. The van der Waals surface area contributed by atoms with Crippen molar-refractivity contribution >= 4 is 53.7 Å². The zero-order valence-electron chi connectivity index (χ0n) is 37.1. The molecule has 0 saturated carbocycles. The molecule has 0 aromatic heterocycles. The lowest BCUT2D eigenvalue weighted by Crippen LogP contribution is -2.51. The Kier molecular flexibility index (Phi) is 25.3. The molecule has 23 heteroatoms. The summed E-state index contributed by atoms with van der Waals surface area (Å²) in [5.74, 6) is -8.02. The molecule has 2 aromatic rings. The minimum atomic E-state index is -1.52. The van der Waals surface area contributed by atoms with E-state index in [1.165, 1.54) is 21.9 Å².